The number of aromatic nitrogens is 2. The van der Waals surface area contributed by atoms with E-state index in [0.29, 0.717) is 6.04 Å². The third-order valence-electron chi connectivity index (χ3n) is 2.34. The summed E-state index contributed by atoms with van der Waals surface area (Å²) in [6, 6.07) is 2.34. The molecule has 0 spiro atoms. The fraction of sp³-hybridized carbons (Fsp3) is 0.636. The molecule has 1 atom stereocenters. The second-order valence-electron chi connectivity index (χ2n) is 3.95. The first kappa shape index (κ1) is 11.1. The van der Waals surface area contributed by atoms with E-state index >= 15 is 0 Å². The zero-order valence-electron chi connectivity index (χ0n) is 9.20. The molecule has 1 heterocycles. The fourth-order valence-corrected chi connectivity index (χ4v) is 1.45. The average Bonchev–Trinajstić information content (AvgIpc) is 2.20. The summed E-state index contributed by atoms with van der Waals surface area (Å²) in [5.41, 5.74) is 1.09. The van der Waals surface area contributed by atoms with Crippen molar-refractivity contribution in [3.63, 3.8) is 0 Å². The minimum Gasteiger partial charge on any atom is -0.312 e. The van der Waals surface area contributed by atoms with E-state index in [1.165, 1.54) is 6.42 Å². The molecular formula is C11H19N3. The third kappa shape index (κ3) is 3.42. The van der Waals surface area contributed by atoms with Crippen LogP contribution in [0.25, 0.3) is 0 Å². The van der Waals surface area contributed by atoms with Crippen LogP contribution >= 0.6 is 0 Å². The first-order chi connectivity index (χ1) is 6.74. The number of hydrogen-bond donors (Lipinski definition) is 1. The van der Waals surface area contributed by atoms with Crippen molar-refractivity contribution < 1.29 is 0 Å². The number of rotatable bonds is 5. The molecule has 0 saturated carbocycles. The summed E-state index contributed by atoms with van der Waals surface area (Å²) in [5.74, 6) is 0.743. The topological polar surface area (TPSA) is 37.8 Å². The van der Waals surface area contributed by atoms with Gasteiger partial charge in [0.25, 0.3) is 0 Å². The molecular weight excluding hydrogens is 174 g/mol. The molecule has 0 radical (unpaired) electrons. The van der Waals surface area contributed by atoms with Crippen molar-refractivity contribution in [2.24, 2.45) is 5.92 Å². The molecule has 0 amide bonds. The van der Waals surface area contributed by atoms with Crippen LogP contribution in [0.15, 0.2) is 18.6 Å². The number of nitrogens with one attached hydrogen (secondary N) is 1. The van der Waals surface area contributed by atoms with Gasteiger partial charge in [0.15, 0.2) is 0 Å². The predicted molar refractivity (Wildman–Crippen MR) is 57.9 cm³/mol. The van der Waals surface area contributed by atoms with Crippen molar-refractivity contribution in [2.45, 2.75) is 32.7 Å². The van der Waals surface area contributed by atoms with Crippen molar-refractivity contribution in [3.8, 4) is 0 Å². The monoisotopic (exact) mass is 193 g/mol. The molecule has 14 heavy (non-hydrogen) atoms. The Balaban J connectivity index is 2.54. The van der Waals surface area contributed by atoms with Crippen LogP contribution in [0.3, 0.4) is 0 Å². The highest BCUT2D eigenvalue weighted by molar-refractivity contribution is 5.04. The van der Waals surface area contributed by atoms with E-state index in [2.05, 4.69) is 29.1 Å². The lowest BCUT2D eigenvalue weighted by atomic mass is 10.0. The van der Waals surface area contributed by atoms with Gasteiger partial charge < -0.3 is 5.32 Å². The van der Waals surface area contributed by atoms with Crippen LogP contribution in [-0.2, 0) is 0 Å². The molecule has 0 saturated heterocycles. The Hall–Kier alpha value is -0.960. The van der Waals surface area contributed by atoms with Crippen LogP contribution in [0.4, 0.5) is 0 Å². The number of hydrogen-bond acceptors (Lipinski definition) is 3. The summed E-state index contributed by atoms with van der Waals surface area (Å²) < 4.78 is 0. The SMILES string of the molecule is CNC(CCC(C)C)c1ccncn1. The molecule has 3 heteroatoms. The molecule has 78 valence electrons. The largest absolute Gasteiger partial charge is 0.312 e. The van der Waals surface area contributed by atoms with Gasteiger partial charge in [-0.05, 0) is 31.9 Å². The van der Waals surface area contributed by atoms with Crippen LogP contribution in [0.2, 0.25) is 0 Å². The summed E-state index contributed by atoms with van der Waals surface area (Å²) in [7, 11) is 1.98. The van der Waals surface area contributed by atoms with Gasteiger partial charge in [0.1, 0.15) is 6.33 Å². The van der Waals surface area contributed by atoms with Crippen molar-refractivity contribution in [1.82, 2.24) is 15.3 Å². The second kappa shape index (κ2) is 5.70. The van der Waals surface area contributed by atoms with E-state index < -0.39 is 0 Å². The highest BCUT2D eigenvalue weighted by Crippen LogP contribution is 2.17. The lowest BCUT2D eigenvalue weighted by Crippen LogP contribution is -2.18. The van der Waals surface area contributed by atoms with Gasteiger partial charge in [-0.3, -0.25) is 0 Å². The van der Waals surface area contributed by atoms with Gasteiger partial charge in [-0.2, -0.15) is 0 Å². The van der Waals surface area contributed by atoms with Gasteiger partial charge >= 0.3 is 0 Å². The Bertz CT molecular complexity index is 246. The van der Waals surface area contributed by atoms with E-state index in [0.717, 1.165) is 18.0 Å². The molecule has 1 aromatic heterocycles. The van der Waals surface area contributed by atoms with E-state index in [1.807, 2.05) is 13.1 Å². The minimum absolute atomic E-state index is 0.361. The van der Waals surface area contributed by atoms with Crippen molar-refractivity contribution >= 4 is 0 Å². The lowest BCUT2D eigenvalue weighted by molar-refractivity contribution is 0.457. The van der Waals surface area contributed by atoms with Crippen molar-refractivity contribution in [3.05, 3.63) is 24.3 Å². The Morgan fingerprint density at radius 1 is 1.36 bits per heavy atom. The van der Waals surface area contributed by atoms with E-state index in [-0.39, 0.29) is 0 Å². The minimum atomic E-state index is 0.361. The maximum absolute atomic E-state index is 4.25. The zero-order chi connectivity index (χ0) is 10.4. The van der Waals surface area contributed by atoms with Gasteiger partial charge in [-0.25, -0.2) is 9.97 Å². The normalized spacial score (nSPS) is 13.1. The Morgan fingerprint density at radius 3 is 2.64 bits per heavy atom. The summed E-state index contributed by atoms with van der Waals surface area (Å²) in [6.45, 7) is 4.49. The van der Waals surface area contributed by atoms with Crippen molar-refractivity contribution in [1.29, 1.82) is 0 Å². The van der Waals surface area contributed by atoms with E-state index in [4.69, 9.17) is 0 Å². The molecule has 0 fully saturated rings. The van der Waals surface area contributed by atoms with Gasteiger partial charge in [0.05, 0.1) is 5.69 Å². The second-order valence-corrected chi connectivity index (χ2v) is 3.95. The smallest absolute Gasteiger partial charge is 0.115 e. The van der Waals surface area contributed by atoms with Crippen LogP contribution in [0, 0.1) is 5.92 Å². The number of nitrogens with zero attached hydrogens (tertiary/aromatic N) is 2. The summed E-state index contributed by atoms with van der Waals surface area (Å²) in [4.78, 5) is 8.17. The van der Waals surface area contributed by atoms with Gasteiger partial charge in [0.2, 0.25) is 0 Å². The molecule has 0 aromatic carbocycles. The molecule has 1 unspecified atom stereocenters. The molecule has 1 N–H and O–H groups in total. The summed E-state index contributed by atoms with van der Waals surface area (Å²) in [6.07, 6.45) is 5.75. The maximum Gasteiger partial charge on any atom is 0.115 e. The fourth-order valence-electron chi connectivity index (χ4n) is 1.45. The van der Waals surface area contributed by atoms with Gasteiger partial charge in [-0.1, -0.05) is 13.8 Å². The molecule has 3 nitrogen and oxygen atoms in total. The first-order valence-corrected chi connectivity index (χ1v) is 5.17. The highest BCUT2D eigenvalue weighted by atomic mass is 14.9. The molecule has 1 rings (SSSR count). The highest BCUT2D eigenvalue weighted by Gasteiger charge is 2.10. The first-order valence-electron chi connectivity index (χ1n) is 5.17. The average molecular weight is 193 g/mol. The predicted octanol–water partition coefficient (Wildman–Crippen LogP) is 2.17. The van der Waals surface area contributed by atoms with Crippen LogP contribution in [-0.4, -0.2) is 17.0 Å². The molecule has 1 aromatic rings. The molecule has 0 aliphatic carbocycles. The Kier molecular flexibility index (Phi) is 4.53. The van der Waals surface area contributed by atoms with Gasteiger partial charge in [-0.15, -0.1) is 0 Å². The molecule has 0 aliphatic rings. The maximum atomic E-state index is 4.25. The van der Waals surface area contributed by atoms with Crippen LogP contribution in [0.1, 0.15) is 38.4 Å². The van der Waals surface area contributed by atoms with Gasteiger partial charge in [0, 0.05) is 12.2 Å². The standard InChI is InChI=1S/C11H19N3/c1-9(2)4-5-10(12-3)11-6-7-13-8-14-11/h6-10,12H,4-5H2,1-3H3. The van der Waals surface area contributed by atoms with Crippen LogP contribution in [0.5, 0.6) is 0 Å². The van der Waals surface area contributed by atoms with E-state index in [1.54, 1.807) is 12.5 Å². The van der Waals surface area contributed by atoms with Crippen molar-refractivity contribution in [2.75, 3.05) is 7.05 Å². The Labute approximate surface area is 86.0 Å². The Morgan fingerprint density at radius 2 is 2.14 bits per heavy atom. The lowest BCUT2D eigenvalue weighted by Gasteiger charge is -2.16. The molecule has 0 aliphatic heterocycles. The summed E-state index contributed by atoms with van der Waals surface area (Å²) >= 11 is 0. The molecule has 0 bridgehead atoms. The van der Waals surface area contributed by atoms with Crippen LogP contribution < -0.4 is 5.32 Å². The summed E-state index contributed by atoms with van der Waals surface area (Å²) in [5, 5.41) is 3.28. The zero-order valence-corrected chi connectivity index (χ0v) is 9.20. The van der Waals surface area contributed by atoms with E-state index in [9.17, 15) is 0 Å². The quantitative estimate of drug-likeness (QED) is 0.778. The third-order valence-corrected chi connectivity index (χ3v) is 2.34.